The molecule has 1 rings (SSSR count). The number of carbonyl (C=O) groups is 2. The summed E-state index contributed by atoms with van der Waals surface area (Å²) in [6, 6.07) is 5.76. The maximum atomic E-state index is 11.8. The van der Waals surface area contributed by atoms with Crippen LogP contribution in [0.2, 0.25) is 0 Å². The lowest BCUT2D eigenvalue weighted by Gasteiger charge is -2.15. The van der Waals surface area contributed by atoms with Crippen molar-refractivity contribution in [3.8, 4) is 0 Å². The molecule has 0 fully saturated rings. The van der Waals surface area contributed by atoms with Crippen LogP contribution in [0.1, 0.15) is 24.4 Å². The Bertz CT molecular complexity index is 487. The number of hydrogen-bond acceptors (Lipinski definition) is 3. The third-order valence-electron chi connectivity index (χ3n) is 2.68. The Hall–Kier alpha value is -1.66. The van der Waals surface area contributed by atoms with Crippen molar-refractivity contribution in [3.05, 3.63) is 47.0 Å². The Morgan fingerprint density at radius 2 is 2.05 bits per heavy atom. The molecule has 1 unspecified atom stereocenters. The van der Waals surface area contributed by atoms with Gasteiger partial charge in [-0.25, -0.2) is 4.79 Å². The van der Waals surface area contributed by atoms with E-state index in [0.29, 0.717) is 25.2 Å². The lowest BCUT2D eigenvalue weighted by molar-refractivity contribution is -0.142. The van der Waals surface area contributed by atoms with Crippen molar-refractivity contribution in [1.29, 1.82) is 0 Å². The fraction of sp³-hybridized carbons (Fsp3) is 0.333. The van der Waals surface area contributed by atoms with Crippen molar-refractivity contribution in [1.82, 2.24) is 5.32 Å². The predicted octanol–water partition coefficient (Wildman–Crippen LogP) is 2.67. The Labute approximate surface area is 132 Å². The molecule has 1 aromatic carbocycles. The van der Waals surface area contributed by atoms with Gasteiger partial charge in [0, 0.05) is 17.5 Å². The van der Waals surface area contributed by atoms with Crippen molar-refractivity contribution in [2.24, 2.45) is 0 Å². The Balaban J connectivity index is 2.51. The molecule has 5 nitrogen and oxygen atoms in total. The van der Waals surface area contributed by atoms with Crippen LogP contribution in [0.5, 0.6) is 0 Å². The highest BCUT2D eigenvalue weighted by atomic mass is 79.9. The number of hydrogen-bond donors (Lipinski definition) is 2. The van der Waals surface area contributed by atoms with Crippen LogP contribution in [0, 0.1) is 0 Å². The van der Waals surface area contributed by atoms with Gasteiger partial charge in [0.15, 0.2) is 6.04 Å². The van der Waals surface area contributed by atoms with E-state index in [1.807, 2.05) is 0 Å². The summed E-state index contributed by atoms with van der Waals surface area (Å²) in [5.74, 6) is -1.40. The first-order valence-corrected chi connectivity index (χ1v) is 7.30. The molecule has 0 bridgehead atoms. The molecular weight excluding hydrogens is 338 g/mol. The highest BCUT2D eigenvalue weighted by Crippen LogP contribution is 2.17. The normalized spacial score (nSPS) is 11.7. The summed E-state index contributed by atoms with van der Waals surface area (Å²) in [5, 5.41) is 11.7. The lowest BCUT2D eigenvalue weighted by Crippen LogP contribution is -2.33. The first-order chi connectivity index (χ1) is 10.0. The third kappa shape index (κ3) is 6.55. The van der Waals surface area contributed by atoms with Crippen LogP contribution < -0.4 is 5.32 Å². The second-order valence-corrected chi connectivity index (χ2v) is 5.27. The molecule has 1 amide bonds. The zero-order valence-corrected chi connectivity index (χ0v) is 13.1. The number of amides is 1. The molecule has 0 aliphatic heterocycles. The second-order valence-electron chi connectivity index (χ2n) is 4.36. The van der Waals surface area contributed by atoms with Gasteiger partial charge in [-0.15, -0.1) is 6.58 Å². The van der Waals surface area contributed by atoms with Crippen LogP contribution in [-0.4, -0.2) is 30.2 Å². The van der Waals surface area contributed by atoms with Gasteiger partial charge in [0.2, 0.25) is 5.91 Å². The van der Waals surface area contributed by atoms with Gasteiger partial charge in [0.25, 0.3) is 0 Å². The zero-order valence-electron chi connectivity index (χ0n) is 11.5. The van der Waals surface area contributed by atoms with E-state index in [1.165, 1.54) is 0 Å². The van der Waals surface area contributed by atoms with Crippen LogP contribution in [0.15, 0.2) is 41.4 Å². The van der Waals surface area contributed by atoms with Crippen molar-refractivity contribution in [2.45, 2.75) is 18.9 Å². The molecule has 0 aromatic heterocycles. The van der Waals surface area contributed by atoms with Gasteiger partial charge in [0.05, 0.1) is 6.61 Å². The molecule has 2 N–H and O–H groups in total. The van der Waals surface area contributed by atoms with Gasteiger partial charge in [-0.05, 0) is 24.1 Å². The molecule has 0 aliphatic carbocycles. The number of halogens is 1. The van der Waals surface area contributed by atoms with Crippen molar-refractivity contribution >= 4 is 27.8 Å². The van der Waals surface area contributed by atoms with E-state index in [0.717, 1.165) is 4.47 Å². The van der Waals surface area contributed by atoms with E-state index in [9.17, 15) is 14.7 Å². The topological polar surface area (TPSA) is 75.6 Å². The van der Waals surface area contributed by atoms with Crippen molar-refractivity contribution in [2.75, 3.05) is 13.2 Å². The number of carboxylic acids is 1. The largest absolute Gasteiger partial charge is 0.479 e. The fourth-order valence-corrected chi connectivity index (χ4v) is 1.94. The van der Waals surface area contributed by atoms with Gasteiger partial charge in [-0.3, -0.25) is 4.79 Å². The minimum absolute atomic E-state index is 0.220. The number of carboxylic acid groups (broad SMARTS) is 1. The third-order valence-corrected chi connectivity index (χ3v) is 3.21. The molecule has 21 heavy (non-hydrogen) atoms. The number of ether oxygens (including phenoxy) is 1. The van der Waals surface area contributed by atoms with E-state index in [1.54, 1.807) is 30.3 Å². The molecule has 0 radical (unpaired) electrons. The van der Waals surface area contributed by atoms with Gasteiger partial charge in [0.1, 0.15) is 0 Å². The molecule has 0 saturated heterocycles. The van der Waals surface area contributed by atoms with E-state index < -0.39 is 12.0 Å². The van der Waals surface area contributed by atoms with E-state index >= 15 is 0 Å². The standard InChI is InChI=1S/C15H18BrNO4/c1-2-9-21-10-3-4-13(18)17-14(15(19)20)11-5-7-12(16)8-6-11/h2,5-8,14H,1,3-4,9-10H2,(H,17,18)(H,19,20). The molecule has 114 valence electrons. The maximum Gasteiger partial charge on any atom is 0.330 e. The maximum absolute atomic E-state index is 11.8. The molecular formula is C15H18BrNO4. The van der Waals surface area contributed by atoms with E-state index in [4.69, 9.17) is 4.74 Å². The van der Waals surface area contributed by atoms with Gasteiger partial charge in [-0.2, -0.15) is 0 Å². The number of benzene rings is 1. The smallest absolute Gasteiger partial charge is 0.330 e. The summed E-state index contributed by atoms with van der Waals surface area (Å²) in [7, 11) is 0. The van der Waals surface area contributed by atoms with Crippen LogP contribution in [0.25, 0.3) is 0 Å². The quantitative estimate of drug-likeness (QED) is 0.527. The average Bonchev–Trinajstić information content (AvgIpc) is 2.45. The molecule has 0 saturated carbocycles. The summed E-state index contributed by atoms with van der Waals surface area (Å²) < 4.78 is 6.01. The summed E-state index contributed by atoms with van der Waals surface area (Å²) in [4.78, 5) is 23.0. The predicted molar refractivity (Wildman–Crippen MR) is 82.9 cm³/mol. The van der Waals surface area contributed by atoms with Gasteiger partial charge in [-0.1, -0.05) is 34.1 Å². The van der Waals surface area contributed by atoms with Crippen LogP contribution in [-0.2, 0) is 14.3 Å². The molecule has 0 spiro atoms. The molecule has 0 aliphatic rings. The molecule has 6 heteroatoms. The summed E-state index contributed by atoms with van der Waals surface area (Å²) >= 11 is 3.28. The Kier molecular flexibility index (Phi) is 7.71. The highest BCUT2D eigenvalue weighted by molar-refractivity contribution is 9.10. The number of carbonyl (C=O) groups excluding carboxylic acids is 1. The summed E-state index contributed by atoms with van der Waals surface area (Å²) in [6.07, 6.45) is 2.39. The number of nitrogens with one attached hydrogen (secondary N) is 1. The number of aliphatic carboxylic acids is 1. The lowest BCUT2D eigenvalue weighted by atomic mass is 10.1. The van der Waals surface area contributed by atoms with Crippen molar-refractivity contribution < 1.29 is 19.4 Å². The molecule has 1 atom stereocenters. The fourth-order valence-electron chi connectivity index (χ4n) is 1.68. The second kappa shape index (κ2) is 9.31. The average molecular weight is 356 g/mol. The van der Waals surface area contributed by atoms with Gasteiger partial charge >= 0.3 is 5.97 Å². The monoisotopic (exact) mass is 355 g/mol. The number of rotatable bonds is 9. The van der Waals surface area contributed by atoms with Crippen LogP contribution in [0.3, 0.4) is 0 Å². The summed E-state index contributed by atoms with van der Waals surface area (Å²) in [5.41, 5.74) is 0.530. The van der Waals surface area contributed by atoms with E-state index in [-0.39, 0.29) is 12.3 Å². The molecule has 1 aromatic rings. The minimum Gasteiger partial charge on any atom is -0.479 e. The molecule has 0 heterocycles. The van der Waals surface area contributed by atoms with Crippen LogP contribution >= 0.6 is 15.9 Å². The highest BCUT2D eigenvalue weighted by Gasteiger charge is 2.21. The zero-order chi connectivity index (χ0) is 15.7. The Morgan fingerprint density at radius 1 is 1.38 bits per heavy atom. The summed E-state index contributed by atoms with van der Waals surface area (Å²) in [6.45, 7) is 4.40. The van der Waals surface area contributed by atoms with Gasteiger partial charge < -0.3 is 15.2 Å². The Morgan fingerprint density at radius 3 is 2.62 bits per heavy atom. The SMILES string of the molecule is C=CCOCCCC(=O)NC(C(=O)O)c1ccc(Br)cc1. The minimum atomic E-state index is -1.09. The van der Waals surface area contributed by atoms with Crippen molar-refractivity contribution in [3.63, 3.8) is 0 Å². The first kappa shape index (κ1) is 17.4. The van der Waals surface area contributed by atoms with Crippen LogP contribution in [0.4, 0.5) is 0 Å². The first-order valence-electron chi connectivity index (χ1n) is 6.51. The van der Waals surface area contributed by atoms with E-state index in [2.05, 4.69) is 27.8 Å².